The Kier molecular flexibility index (Phi) is 19.8. The first-order valence-corrected chi connectivity index (χ1v) is 44.3. The first kappa shape index (κ1) is 76.3. The molecule has 0 amide bonds. The number of benzene rings is 25. The molecule has 0 spiro atoms. The molecule has 0 aliphatic carbocycles. The molecule has 0 N–H and O–H groups in total. The van der Waals surface area contributed by atoms with Crippen molar-refractivity contribution < 1.29 is 0 Å². The van der Waals surface area contributed by atoms with Crippen LogP contribution < -0.4 is 0 Å². The Bertz CT molecular complexity index is 8500. The van der Waals surface area contributed by atoms with Crippen molar-refractivity contribution in [2.45, 2.75) is 0 Å². The summed E-state index contributed by atoms with van der Waals surface area (Å²) in [5.74, 6) is 0. The lowest BCUT2D eigenvalue weighted by molar-refractivity contribution is 1.60. The van der Waals surface area contributed by atoms with E-state index in [1.54, 1.807) is 0 Å². The van der Waals surface area contributed by atoms with Gasteiger partial charge in [-0.3, -0.25) is 0 Å². The van der Waals surface area contributed by atoms with Gasteiger partial charge >= 0.3 is 0 Å². The fourth-order valence-electron chi connectivity index (χ4n) is 20.2. The van der Waals surface area contributed by atoms with E-state index in [2.05, 4.69) is 510 Å². The van der Waals surface area contributed by atoms with E-state index >= 15 is 0 Å². The average molecular weight is 1620 g/mol. The third-order valence-electron chi connectivity index (χ3n) is 26.1. The SMILES string of the molecule is c1ccc(-c2c3ccccc3c(-c3ccc4c(-c5ccccc5)c5ccccc5c(-c5ccccc5)c4c3)c3ccccc23)cc1.c1ccc(-c2c3ccccc3c(-c3ccccc3)c3cc(-c4ccc5ccccc5c4)ccc23)cc1.c1ccc(-c2ccc(-c3ccc4c(-c5ccc6ccccc6c5)c5ccccc5c(-c5ccc6ccccc6c5)c4c3)cc2)cc1. The summed E-state index contributed by atoms with van der Waals surface area (Å²) < 4.78 is 0. The molecule has 128 heavy (non-hydrogen) atoms. The molecule has 596 valence electrons. The highest BCUT2D eigenvalue weighted by atomic mass is 14.3. The van der Waals surface area contributed by atoms with Crippen molar-refractivity contribution in [2.24, 2.45) is 0 Å². The lowest BCUT2D eigenvalue weighted by Gasteiger charge is -2.20. The van der Waals surface area contributed by atoms with Crippen molar-refractivity contribution in [1.29, 1.82) is 0 Å². The predicted octanol–water partition coefficient (Wildman–Crippen LogP) is 36.1. The Morgan fingerprint density at radius 3 is 0.516 bits per heavy atom. The van der Waals surface area contributed by atoms with Crippen LogP contribution >= 0.6 is 0 Å². The highest BCUT2D eigenvalue weighted by Gasteiger charge is 2.24. The predicted molar refractivity (Wildman–Crippen MR) is 552 cm³/mol. The molecule has 0 aliphatic heterocycles. The third kappa shape index (κ3) is 14.0. The zero-order valence-corrected chi connectivity index (χ0v) is 70.5. The van der Waals surface area contributed by atoms with Crippen LogP contribution in [0.3, 0.4) is 0 Å². The summed E-state index contributed by atoms with van der Waals surface area (Å²) >= 11 is 0. The van der Waals surface area contributed by atoms with E-state index in [4.69, 9.17) is 0 Å². The monoisotopic (exact) mass is 1620 g/mol. The number of hydrogen-bond donors (Lipinski definition) is 0. The van der Waals surface area contributed by atoms with Gasteiger partial charge in [0, 0.05) is 0 Å². The molecule has 0 fully saturated rings. The van der Waals surface area contributed by atoms with Gasteiger partial charge in [-0.25, -0.2) is 0 Å². The Morgan fingerprint density at radius 1 is 0.0703 bits per heavy atom. The van der Waals surface area contributed by atoms with Gasteiger partial charge in [0.2, 0.25) is 0 Å². The topological polar surface area (TPSA) is 0 Å². The van der Waals surface area contributed by atoms with Crippen LogP contribution in [0.4, 0.5) is 0 Å². The Balaban J connectivity index is 0.000000111. The van der Waals surface area contributed by atoms with Gasteiger partial charge in [0.1, 0.15) is 0 Å². The van der Waals surface area contributed by atoms with Gasteiger partial charge in [0.15, 0.2) is 0 Å². The molecule has 0 atom stereocenters. The zero-order chi connectivity index (χ0) is 84.8. The molecule has 0 saturated heterocycles. The Hall–Kier alpha value is -16.6. The lowest BCUT2D eigenvalue weighted by Crippen LogP contribution is -1.93. The number of fused-ring (bicyclic) bond motifs is 11. The minimum Gasteiger partial charge on any atom is -0.0622 e. The molecule has 0 aromatic heterocycles. The lowest BCUT2D eigenvalue weighted by atomic mass is 9.83. The second kappa shape index (κ2) is 33.2. The fourth-order valence-corrected chi connectivity index (χ4v) is 20.2. The van der Waals surface area contributed by atoms with Crippen LogP contribution in [0.15, 0.2) is 510 Å². The van der Waals surface area contributed by atoms with Crippen molar-refractivity contribution in [3.63, 3.8) is 0 Å². The first-order valence-electron chi connectivity index (χ1n) is 44.3. The first-order chi connectivity index (χ1) is 63.5. The Labute approximate surface area is 745 Å². The quantitative estimate of drug-likeness (QED) is 0.113. The molecule has 25 aromatic rings. The summed E-state index contributed by atoms with van der Waals surface area (Å²) in [6.07, 6.45) is 0. The molecule has 0 nitrogen and oxygen atoms in total. The fraction of sp³-hybridized carbons (Fsp3) is 0. The van der Waals surface area contributed by atoms with Crippen molar-refractivity contribution in [3.05, 3.63) is 510 Å². The number of hydrogen-bond acceptors (Lipinski definition) is 0. The molecular weight excluding hydrogens is 1540 g/mol. The van der Waals surface area contributed by atoms with Gasteiger partial charge < -0.3 is 0 Å². The number of rotatable bonds is 11. The van der Waals surface area contributed by atoms with Crippen LogP contribution in [0.1, 0.15) is 0 Å². The Morgan fingerprint density at radius 2 is 0.219 bits per heavy atom. The minimum absolute atomic E-state index is 1.21. The maximum Gasteiger partial charge on any atom is -0.00259 e. The highest BCUT2D eigenvalue weighted by Crippen LogP contribution is 2.52. The van der Waals surface area contributed by atoms with E-state index in [0.717, 1.165) is 0 Å². The zero-order valence-electron chi connectivity index (χ0n) is 70.5. The summed E-state index contributed by atoms with van der Waals surface area (Å²) in [6.45, 7) is 0. The molecule has 0 aliphatic rings. The standard InChI is InChI=1S/2C46H30.C36H24/c1-4-16-31(17-5-1)43-36-23-11-14-26-39(36)46(40-27-15-12-24-37(40)43)34-28-29-41-42(30-34)45(33-20-8-3-9-21-33)38-25-13-10-22-35(38)44(41)32-18-6-2-7-19-32;1-2-10-31(11-3-1)34-18-20-35(21-19-34)38-26-27-43-44(30-38)46(40-25-23-33-13-5-7-15-37(33)29-40)42-17-9-8-16-41(42)45(43)39-24-22-32-12-4-6-14-36(32)28-39;1-3-12-26(13-4-1)35-31-17-9-10-18-32(31)36(27-14-5-2-6-15-27)34-24-30(21-22-33(34)35)29-20-19-25-11-7-8-16-28(25)23-29/h2*1-30H;1-24H. The summed E-state index contributed by atoms with van der Waals surface area (Å²) in [6, 6.07) is 186. The maximum absolute atomic E-state index is 2.45. The minimum atomic E-state index is 1.21. The van der Waals surface area contributed by atoms with Gasteiger partial charge in [-0.15, -0.1) is 0 Å². The summed E-state index contributed by atoms with van der Waals surface area (Å²) in [7, 11) is 0. The van der Waals surface area contributed by atoms with Crippen molar-refractivity contribution >= 4 is 118 Å². The van der Waals surface area contributed by atoms with E-state index in [0.29, 0.717) is 0 Å². The molecule has 25 aromatic carbocycles. The van der Waals surface area contributed by atoms with E-state index in [1.165, 1.54) is 241 Å². The van der Waals surface area contributed by atoms with Crippen LogP contribution in [-0.4, -0.2) is 0 Å². The van der Waals surface area contributed by atoms with E-state index in [9.17, 15) is 0 Å². The van der Waals surface area contributed by atoms with Crippen LogP contribution in [-0.2, 0) is 0 Å². The van der Waals surface area contributed by atoms with E-state index < -0.39 is 0 Å². The largest absolute Gasteiger partial charge is 0.0622 e. The normalized spacial score (nSPS) is 11.4. The molecule has 25 rings (SSSR count). The van der Waals surface area contributed by atoms with Gasteiger partial charge in [0.25, 0.3) is 0 Å². The third-order valence-corrected chi connectivity index (χ3v) is 26.1. The average Bonchev–Trinajstić information content (AvgIpc) is 0.714. The van der Waals surface area contributed by atoms with Gasteiger partial charge in [0.05, 0.1) is 0 Å². The maximum atomic E-state index is 2.45. The van der Waals surface area contributed by atoms with Crippen LogP contribution in [0.5, 0.6) is 0 Å². The van der Waals surface area contributed by atoms with E-state index in [-0.39, 0.29) is 0 Å². The highest BCUT2D eigenvalue weighted by molar-refractivity contribution is 6.27. The van der Waals surface area contributed by atoms with Crippen molar-refractivity contribution in [2.75, 3.05) is 0 Å². The van der Waals surface area contributed by atoms with Crippen LogP contribution in [0.2, 0.25) is 0 Å². The second-order valence-corrected chi connectivity index (χ2v) is 33.5. The summed E-state index contributed by atoms with van der Waals surface area (Å²) in [5.41, 5.74) is 27.6. The second-order valence-electron chi connectivity index (χ2n) is 33.5. The van der Waals surface area contributed by atoms with Gasteiger partial charge in [-0.1, -0.05) is 473 Å². The molecule has 0 bridgehead atoms. The molecule has 0 heteroatoms. The molecule has 0 saturated carbocycles. The van der Waals surface area contributed by atoms with Crippen molar-refractivity contribution in [1.82, 2.24) is 0 Å². The molecule has 0 radical (unpaired) electrons. The smallest absolute Gasteiger partial charge is 0.00259 e. The van der Waals surface area contributed by atoms with Crippen LogP contribution in [0.25, 0.3) is 241 Å². The van der Waals surface area contributed by atoms with Crippen molar-refractivity contribution in [3.8, 4) is 122 Å². The van der Waals surface area contributed by atoms with Gasteiger partial charge in [-0.2, -0.15) is 0 Å². The van der Waals surface area contributed by atoms with Crippen LogP contribution in [0, 0.1) is 0 Å². The van der Waals surface area contributed by atoms with Gasteiger partial charge in [-0.05, 0) is 277 Å². The van der Waals surface area contributed by atoms with E-state index in [1.807, 2.05) is 0 Å². The molecular formula is C128H84. The molecule has 0 heterocycles. The summed E-state index contributed by atoms with van der Waals surface area (Å²) in [5, 5.41) is 27.9. The molecule has 0 unspecified atom stereocenters. The summed E-state index contributed by atoms with van der Waals surface area (Å²) in [4.78, 5) is 0.